The van der Waals surface area contributed by atoms with Crippen molar-refractivity contribution in [2.24, 2.45) is 0 Å². The lowest BCUT2D eigenvalue weighted by Gasteiger charge is -2.12. The molecule has 0 atom stereocenters. The largest absolute Gasteiger partial charge is 0.487 e. The minimum atomic E-state index is -0.562. The molecule has 0 saturated heterocycles. The second-order valence-electron chi connectivity index (χ2n) is 5.42. The van der Waals surface area contributed by atoms with E-state index in [1.807, 2.05) is 0 Å². The molecule has 0 bridgehead atoms. The zero-order valence-corrected chi connectivity index (χ0v) is 17.0. The summed E-state index contributed by atoms with van der Waals surface area (Å²) in [5, 5.41) is 0. The summed E-state index contributed by atoms with van der Waals surface area (Å²) < 4.78 is 26.8. The van der Waals surface area contributed by atoms with Gasteiger partial charge in [0.1, 0.15) is 25.0 Å². The lowest BCUT2D eigenvalue weighted by atomic mass is 10.3. The molecule has 29 heavy (non-hydrogen) atoms. The number of carbonyl (C=O) groups is 2. The molecule has 0 N–H and O–H groups in total. The third-order valence-electron chi connectivity index (χ3n) is 3.33. The normalized spacial score (nSPS) is 10.3. The maximum absolute atomic E-state index is 11.3. The van der Waals surface area contributed by atoms with Crippen molar-refractivity contribution in [1.29, 1.82) is 0 Å². The number of ether oxygens (including phenoxy) is 5. The zero-order valence-electron chi connectivity index (χ0n) is 15.5. The molecule has 0 aromatic heterocycles. The molecule has 156 valence electrons. The summed E-state index contributed by atoms with van der Waals surface area (Å²) in [7, 11) is 0. The van der Waals surface area contributed by atoms with Crippen LogP contribution in [0, 0.1) is 0 Å². The summed E-state index contributed by atoms with van der Waals surface area (Å²) in [4.78, 5) is 22.6. The molecular formula is C20H20Cl2O7. The number of alkyl halides is 2. The van der Waals surface area contributed by atoms with Crippen LogP contribution in [0.1, 0.15) is 0 Å². The molecule has 9 heteroatoms. The Morgan fingerprint density at radius 3 is 1.38 bits per heavy atom. The van der Waals surface area contributed by atoms with Crippen LogP contribution in [0.3, 0.4) is 0 Å². The van der Waals surface area contributed by atoms with Crippen molar-refractivity contribution in [1.82, 2.24) is 0 Å². The molecule has 0 spiro atoms. The van der Waals surface area contributed by atoms with E-state index >= 15 is 0 Å². The maximum Gasteiger partial charge on any atom is 0.326 e. The van der Waals surface area contributed by atoms with Crippen molar-refractivity contribution in [2.75, 3.05) is 38.2 Å². The van der Waals surface area contributed by atoms with Crippen molar-refractivity contribution < 1.29 is 33.3 Å². The van der Waals surface area contributed by atoms with Crippen molar-refractivity contribution >= 4 is 35.1 Å². The lowest BCUT2D eigenvalue weighted by molar-refractivity contribution is -0.132. The third-order valence-corrected chi connectivity index (χ3v) is 3.77. The summed E-state index contributed by atoms with van der Waals surface area (Å²) in [6, 6.07) is 13.6. The quantitative estimate of drug-likeness (QED) is 0.215. The highest BCUT2D eigenvalue weighted by Gasteiger charge is 2.10. The minimum absolute atomic E-state index is 0.244. The van der Waals surface area contributed by atoms with E-state index in [9.17, 15) is 9.59 Å². The number of esters is 2. The van der Waals surface area contributed by atoms with Crippen molar-refractivity contribution in [3.8, 4) is 23.0 Å². The van der Waals surface area contributed by atoms with Gasteiger partial charge in [0, 0.05) is 0 Å². The smallest absolute Gasteiger partial charge is 0.326 e. The molecule has 0 aliphatic heterocycles. The fourth-order valence-electron chi connectivity index (χ4n) is 2.13. The fraction of sp³-hybridized carbons (Fsp3) is 0.300. The first kappa shape index (κ1) is 22.8. The van der Waals surface area contributed by atoms with Crippen LogP contribution in [-0.2, 0) is 14.3 Å². The first-order valence-electron chi connectivity index (χ1n) is 8.68. The highest BCUT2D eigenvalue weighted by molar-refractivity contribution is 6.26. The standard InChI is InChI=1S/C20H20Cl2O7/c21-13-19(23)28-17-7-3-1-5-15(17)26-11-9-25-10-12-27-16-6-2-4-8-18(16)29-20(24)14-22/h1-8H,9-14H2. The minimum Gasteiger partial charge on any atom is -0.487 e. The van der Waals surface area contributed by atoms with E-state index in [0.29, 0.717) is 36.2 Å². The highest BCUT2D eigenvalue weighted by Crippen LogP contribution is 2.27. The Morgan fingerprint density at radius 1 is 0.621 bits per heavy atom. The van der Waals surface area contributed by atoms with Gasteiger partial charge in [-0.2, -0.15) is 0 Å². The monoisotopic (exact) mass is 442 g/mol. The predicted molar refractivity (Wildman–Crippen MR) is 107 cm³/mol. The Hall–Kier alpha value is -2.48. The third kappa shape index (κ3) is 8.19. The van der Waals surface area contributed by atoms with Gasteiger partial charge in [-0.15, -0.1) is 23.2 Å². The lowest BCUT2D eigenvalue weighted by Crippen LogP contribution is -2.14. The number of hydrogen-bond donors (Lipinski definition) is 0. The Morgan fingerprint density at radius 2 is 1.00 bits per heavy atom. The van der Waals surface area contributed by atoms with Crippen molar-refractivity contribution in [3.63, 3.8) is 0 Å². The van der Waals surface area contributed by atoms with Gasteiger partial charge in [0.25, 0.3) is 0 Å². The molecule has 0 unspecified atom stereocenters. The van der Waals surface area contributed by atoms with Gasteiger partial charge in [-0.25, -0.2) is 0 Å². The first-order valence-corrected chi connectivity index (χ1v) is 9.75. The second kappa shape index (κ2) is 12.9. The number of hydrogen-bond acceptors (Lipinski definition) is 7. The molecule has 0 amide bonds. The number of para-hydroxylation sites is 4. The molecule has 0 heterocycles. The van der Waals surface area contributed by atoms with Crippen LogP contribution in [0.4, 0.5) is 0 Å². The summed E-state index contributed by atoms with van der Waals surface area (Å²) in [6.45, 7) is 1.09. The van der Waals surface area contributed by atoms with Crippen LogP contribution in [0.15, 0.2) is 48.5 Å². The Balaban J connectivity index is 1.69. The molecule has 2 rings (SSSR count). The van der Waals surface area contributed by atoms with Crippen LogP contribution in [-0.4, -0.2) is 50.1 Å². The van der Waals surface area contributed by atoms with Crippen LogP contribution in [0.2, 0.25) is 0 Å². The van der Waals surface area contributed by atoms with Crippen LogP contribution in [0.25, 0.3) is 0 Å². The average Bonchev–Trinajstić information content (AvgIpc) is 2.75. The van der Waals surface area contributed by atoms with Crippen LogP contribution >= 0.6 is 23.2 Å². The van der Waals surface area contributed by atoms with E-state index in [0.717, 1.165) is 0 Å². The zero-order chi connectivity index (χ0) is 20.9. The first-order chi connectivity index (χ1) is 14.1. The Bertz CT molecular complexity index is 732. The van der Waals surface area contributed by atoms with Crippen molar-refractivity contribution in [2.45, 2.75) is 0 Å². The molecule has 2 aromatic carbocycles. The van der Waals surface area contributed by atoms with Crippen LogP contribution in [0.5, 0.6) is 23.0 Å². The van der Waals surface area contributed by atoms with Gasteiger partial charge in [0.05, 0.1) is 13.2 Å². The highest BCUT2D eigenvalue weighted by atomic mass is 35.5. The summed E-state index contributed by atoms with van der Waals surface area (Å²) >= 11 is 10.9. The van der Waals surface area contributed by atoms with E-state index in [1.165, 1.54) is 0 Å². The van der Waals surface area contributed by atoms with Gasteiger partial charge in [-0.1, -0.05) is 24.3 Å². The van der Waals surface area contributed by atoms with E-state index in [-0.39, 0.29) is 25.0 Å². The molecule has 2 aromatic rings. The summed E-state index contributed by atoms with van der Waals surface area (Å²) in [5.41, 5.74) is 0. The van der Waals surface area contributed by atoms with Gasteiger partial charge < -0.3 is 23.7 Å². The maximum atomic E-state index is 11.3. The number of rotatable bonds is 12. The van der Waals surface area contributed by atoms with E-state index in [4.69, 9.17) is 46.9 Å². The molecule has 0 fully saturated rings. The van der Waals surface area contributed by atoms with Crippen molar-refractivity contribution in [3.05, 3.63) is 48.5 Å². The average molecular weight is 443 g/mol. The van der Waals surface area contributed by atoms with Gasteiger partial charge >= 0.3 is 11.9 Å². The molecule has 0 aliphatic carbocycles. The SMILES string of the molecule is O=C(CCl)Oc1ccccc1OCCOCCOc1ccccc1OC(=O)CCl. The Labute approximate surface area is 178 Å². The molecule has 7 nitrogen and oxygen atoms in total. The summed E-state index contributed by atoms with van der Waals surface area (Å²) in [5.74, 6) is -0.186. The van der Waals surface area contributed by atoms with Gasteiger partial charge in [-0.3, -0.25) is 9.59 Å². The van der Waals surface area contributed by atoms with Crippen LogP contribution < -0.4 is 18.9 Å². The summed E-state index contributed by atoms with van der Waals surface area (Å²) in [6.07, 6.45) is 0. The van der Waals surface area contributed by atoms with Gasteiger partial charge in [0.15, 0.2) is 23.0 Å². The predicted octanol–water partition coefficient (Wildman–Crippen LogP) is 3.45. The number of benzene rings is 2. The molecule has 0 aliphatic rings. The molecular weight excluding hydrogens is 423 g/mol. The van der Waals surface area contributed by atoms with Gasteiger partial charge in [-0.05, 0) is 24.3 Å². The van der Waals surface area contributed by atoms with E-state index in [2.05, 4.69) is 0 Å². The van der Waals surface area contributed by atoms with Gasteiger partial charge in [0.2, 0.25) is 0 Å². The molecule has 0 saturated carbocycles. The van der Waals surface area contributed by atoms with E-state index in [1.54, 1.807) is 48.5 Å². The topological polar surface area (TPSA) is 80.3 Å². The number of halogens is 2. The second-order valence-corrected chi connectivity index (χ2v) is 5.95. The fourth-order valence-corrected chi connectivity index (χ4v) is 2.24. The Kier molecular flexibility index (Phi) is 10.1. The molecule has 0 radical (unpaired) electrons. The van der Waals surface area contributed by atoms with E-state index < -0.39 is 11.9 Å². The number of carbonyl (C=O) groups excluding carboxylic acids is 2.